The Kier molecular flexibility index (Phi) is 2.97. The van der Waals surface area contributed by atoms with Crippen molar-refractivity contribution < 1.29 is 13.3 Å². The smallest absolute Gasteiger partial charge is 0.286 e. The lowest BCUT2D eigenvalue weighted by Crippen LogP contribution is -2.35. The summed E-state index contributed by atoms with van der Waals surface area (Å²) in [4.78, 5) is 12.0. The fourth-order valence-corrected chi connectivity index (χ4v) is 3.86. The van der Waals surface area contributed by atoms with Gasteiger partial charge in [0.15, 0.2) is 0 Å². The zero-order valence-electron chi connectivity index (χ0n) is 10.7. The second-order valence-corrected chi connectivity index (χ2v) is 6.43. The Hall–Kier alpha value is -1.96. The Bertz CT molecular complexity index is 711. The van der Waals surface area contributed by atoms with E-state index >= 15 is 0 Å². The summed E-state index contributed by atoms with van der Waals surface area (Å²) >= 11 is 0. The van der Waals surface area contributed by atoms with Gasteiger partial charge in [0, 0.05) is 25.1 Å². The summed E-state index contributed by atoms with van der Waals surface area (Å²) in [6.45, 7) is 0.694. The van der Waals surface area contributed by atoms with E-state index in [-0.39, 0.29) is 10.6 Å². The molecule has 1 aromatic rings. The second-order valence-electron chi connectivity index (χ2n) is 4.85. The van der Waals surface area contributed by atoms with Crippen molar-refractivity contribution in [1.82, 2.24) is 0 Å². The molecule has 0 unspecified atom stereocenters. The third-order valence-corrected chi connectivity index (χ3v) is 4.88. The minimum Gasteiger partial charge on any atom is -0.328 e. The van der Waals surface area contributed by atoms with Crippen LogP contribution in [0.2, 0.25) is 0 Å². The van der Waals surface area contributed by atoms with Gasteiger partial charge in [-0.2, -0.15) is 8.42 Å². The average molecular weight is 295 g/mol. The molecule has 2 aliphatic rings. The first kappa shape index (κ1) is 13.0. The molecule has 1 aromatic carbocycles. The highest BCUT2D eigenvalue weighted by atomic mass is 32.2. The van der Waals surface area contributed by atoms with Gasteiger partial charge < -0.3 is 4.90 Å². The van der Waals surface area contributed by atoms with E-state index in [4.69, 9.17) is 0 Å². The Morgan fingerprint density at radius 3 is 2.80 bits per heavy atom. The zero-order chi connectivity index (χ0) is 14.3. The fraction of sp³-hybridized carbons (Fsp3) is 0.417. The molecule has 2 aliphatic heterocycles. The van der Waals surface area contributed by atoms with Gasteiger partial charge in [-0.15, -0.1) is 4.40 Å². The molecule has 0 aliphatic carbocycles. The first-order chi connectivity index (χ1) is 9.49. The van der Waals surface area contributed by atoms with Crippen LogP contribution >= 0.6 is 0 Å². The minimum absolute atomic E-state index is 0.0719. The first-order valence-electron chi connectivity index (χ1n) is 6.39. The number of nitrogens with zero attached hydrogens (tertiary/aromatic N) is 3. The monoisotopic (exact) mass is 295 g/mol. The number of hydrogen-bond acceptors (Lipinski definition) is 5. The topological polar surface area (TPSA) is 92.9 Å². The number of anilines is 1. The Labute approximate surface area is 116 Å². The van der Waals surface area contributed by atoms with Crippen LogP contribution in [0.4, 0.5) is 11.4 Å². The molecule has 0 aromatic heterocycles. The van der Waals surface area contributed by atoms with E-state index in [2.05, 4.69) is 4.40 Å². The van der Waals surface area contributed by atoms with Crippen LogP contribution in [0, 0.1) is 10.1 Å². The SMILES string of the molecule is O=[N+]([O-])c1ccc2c(c1)S(=O)(=O)N=C1CCCCCN12. The van der Waals surface area contributed by atoms with Crippen molar-refractivity contribution in [2.75, 3.05) is 11.4 Å². The van der Waals surface area contributed by atoms with Crippen LogP contribution in [0.5, 0.6) is 0 Å². The summed E-state index contributed by atoms with van der Waals surface area (Å²) in [7, 11) is -3.84. The van der Waals surface area contributed by atoms with Crippen LogP contribution in [0.1, 0.15) is 25.7 Å². The van der Waals surface area contributed by atoms with Crippen LogP contribution in [0.25, 0.3) is 0 Å². The Morgan fingerprint density at radius 2 is 2.05 bits per heavy atom. The molecule has 0 saturated carbocycles. The molecule has 0 atom stereocenters. The van der Waals surface area contributed by atoms with Crippen molar-refractivity contribution in [1.29, 1.82) is 0 Å². The highest BCUT2D eigenvalue weighted by Gasteiger charge is 2.32. The second kappa shape index (κ2) is 4.55. The minimum atomic E-state index is -3.84. The highest BCUT2D eigenvalue weighted by Crippen LogP contribution is 2.36. The highest BCUT2D eigenvalue weighted by molar-refractivity contribution is 7.90. The van der Waals surface area contributed by atoms with Crippen LogP contribution in [-0.4, -0.2) is 25.7 Å². The van der Waals surface area contributed by atoms with Gasteiger partial charge in [-0.25, -0.2) is 0 Å². The molecule has 8 heteroatoms. The number of non-ortho nitro benzene ring substituents is 1. The molecule has 1 saturated heterocycles. The number of hydrogen-bond donors (Lipinski definition) is 0. The van der Waals surface area contributed by atoms with E-state index in [9.17, 15) is 18.5 Å². The molecule has 2 heterocycles. The lowest BCUT2D eigenvalue weighted by Gasteiger charge is -2.29. The van der Waals surface area contributed by atoms with Crippen molar-refractivity contribution in [2.45, 2.75) is 30.6 Å². The van der Waals surface area contributed by atoms with Crippen molar-refractivity contribution in [2.24, 2.45) is 4.40 Å². The Morgan fingerprint density at radius 1 is 1.25 bits per heavy atom. The van der Waals surface area contributed by atoms with E-state index in [0.29, 0.717) is 24.5 Å². The number of nitro groups is 1. The quantitative estimate of drug-likeness (QED) is 0.584. The number of benzene rings is 1. The maximum Gasteiger partial charge on any atom is 0.286 e. The molecule has 0 N–H and O–H groups in total. The summed E-state index contributed by atoms with van der Waals surface area (Å²) in [6.07, 6.45) is 3.51. The predicted molar refractivity (Wildman–Crippen MR) is 73.5 cm³/mol. The molecule has 1 fully saturated rings. The van der Waals surface area contributed by atoms with Gasteiger partial charge in [0.25, 0.3) is 15.7 Å². The van der Waals surface area contributed by atoms with Gasteiger partial charge in [0.05, 0.1) is 10.6 Å². The maximum atomic E-state index is 12.2. The fourth-order valence-electron chi connectivity index (χ4n) is 2.58. The van der Waals surface area contributed by atoms with Crippen LogP contribution < -0.4 is 4.90 Å². The third kappa shape index (κ3) is 2.05. The molecule has 0 radical (unpaired) electrons. The van der Waals surface area contributed by atoms with Crippen LogP contribution in [0.3, 0.4) is 0 Å². The molecule has 106 valence electrons. The van der Waals surface area contributed by atoms with Gasteiger partial charge >= 0.3 is 0 Å². The van der Waals surface area contributed by atoms with E-state index in [0.717, 1.165) is 25.3 Å². The standard InChI is InChI=1S/C12H13N3O4S/c16-15(17)9-5-6-10-11(8-9)20(18,19)13-12-4-2-1-3-7-14(10)12/h5-6,8H,1-4,7H2. The number of fused-ring (bicyclic) bond motifs is 3. The lowest BCUT2D eigenvalue weighted by atomic mass is 10.2. The van der Waals surface area contributed by atoms with Crippen LogP contribution in [0.15, 0.2) is 27.5 Å². The summed E-state index contributed by atoms with van der Waals surface area (Å²) in [5.74, 6) is 0.545. The molecule has 0 amide bonds. The number of rotatable bonds is 1. The maximum absolute atomic E-state index is 12.2. The van der Waals surface area contributed by atoms with E-state index in [1.54, 1.807) is 0 Å². The van der Waals surface area contributed by atoms with Crippen molar-refractivity contribution in [3.8, 4) is 0 Å². The number of sulfonamides is 1. The van der Waals surface area contributed by atoms with E-state index < -0.39 is 14.9 Å². The van der Waals surface area contributed by atoms with Gasteiger partial charge in [-0.3, -0.25) is 10.1 Å². The number of amidine groups is 1. The largest absolute Gasteiger partial charge is 0.328 e. The van der Waals surface area contributed by atoms with Gasteiger partial charge in [0.1, 0.15) is 10.7 Å². The van der Waals surface area contributed by atoms with E-state index in [1.165, 1.54) is 12.1 Å². The molecule has 20 heavy (non-hydrogen) atoms. The van der Waals surface area contributed by atoms with E-state index in [1.807, 2.05) is 4.90 Å². The summed E-state index contributed by atoms with van der Waals surface area (Å²) in [5.41, 5.74) is 0.267. The van der Waals surface area contributed by atoms with Gasteiger partial charge in [-0.05, 0) is 18.9 Å². The third-order valence-electron chi connectivity index (χ3n) is 3.54. The first-order valence-corrected chi connectivity index (χ1v) is 7.83. The predicted octanol–water partition coefficient (Wildman–Crippen LogP) is 2.08. The van der Waals surface area contributed by atoms with Crippen molar-refractivity contribution >= 4 is 27.2 Å². The molecule has 0 spiro atoms. The molecule has 0 bridgehead atoms. The molecule has 3 rings (SSSR count). The molecular weight excluding hydrogens is 282 g/mol. The summed E-state index contributed by atoms with van der Waals surface area (Å²) < 4.78 is 28.2. The van der Waals surface area contributed by atoms with Crippen molar-refractivity contribution in [3.05, 3.63) is 28.3 Å². The van der Waals surface area contributed by atoms with Gasteiger partial charge in [-0.1, -0.05) is 6.42 Å². The normalized spacial score (nSPS) is 20.4. The summed E-state index contributed by atoms with van der Waals surface area (Å²) in [6, 6.07) is 3.93. The average Bonchev–Trinajstić information content (AvgIpc) is 2.63. The molecule has 7 nitrogen and oxygen atoms in total. The van der Waals surface area contributed by atoms with Crippen LogP contribution in [-0.2, 0) is 10.0 Å². The van der Waals surface area contributed by atoms with Crippen molar-refractivity contribution in [3.63, 3.8) is 0 Å². The zero-order valence-corrected chi connectivity index (χ0v) is 11.5. The van der Waals surface area contributed by atoms with Gasteiger partial charge in [0.2, 0.25) is 0 Å². The lowest BCUT2D eigenvalue weighted by molar-refractivity contribution is -0.385. The summed E-state index contributed by atoms with van der Waals surface area (Å²) in [5, 5.41) is 10.8. The Balaban J connectivity index is 2.19. The number of nitro benzene ring substituents is 1. The molecular formula is C12H13N3O4S.